The van der Waals surface area contributed by atoms with Gasteiger partial charge in [-0.25, -0.2) is 12.7 Å². The fourth-order valence-corrected chi connectivity index (χ4v) is 7.64. The highest BCUT2D eigenvalue weighted by atomic mass is 35.5. The van der Waals surface area contributed by atoms with Gasteiger partial charge in [0.15, 0.2) is 5.82 Å². The number of nitrogens with zero attached hydrogens (tertiary/aromatic N) is 4. The van der Waals surface area contributed by atoms with Gasteiger partial charge in [-0.1, -0.05) is 77.4 Å². The first-order valence-electron chi connectivity index (χ1n) is 14.2. The van der Waals surface area contributed by atoms with Gasteiger partial charge in [0.05, 0.1) is 4.90 Å². The molecule has 9 heteroatoms. The highest BCUT2D eigenvalue weighted by molar-refractivity contribution is 7.89. The molecule has 6 rings (SSSR count). The van der Waals surface area contributed by atoms with Crippen molar-refractivity contribution in [2.45, 2.75) is 41.9 Å². The van der Waals surface area contributed by atoms with Crippen LogP contribution < -0.4 is 0 Å². The minimum Gasteiger partial charge on any atom is -0.339 e. The molecule has 214 valence electrons. The van der Waals surface area contributed by atoms with Crippen molar-refractivity contribution in [2.24, 2.45) is 5.92 Å². The lowest BCUT2D eigenvalue weighted by atomic mass is 9.92. The molecular weight excluding hydrogens is 556 g/mol. The largest absolute Gasteiger partial charge is 0.339 e. The van der Waals surface area contributed by atoms with E-state index in [0.29, 0.717) is 28.8 Å². The summed E-state index contributed by atoms with van der Waals surface area (Å²) in [5.41, 5.74) is 2.08. The van der Waals surface area contributed by atoms with Crippen LogP contribution in [0.3, 0.4) is 0 Å². The lowest BCUT2D eigenvalue weighted by molar-refractivity contribution is 0.182. The van der Waals surface area contributed by atoms with Gasteiger partial charge in [0.1, 0.15) is 0 Å². The van der Waals surface area contributed by atoms with Crippen molar-refractivity contribution in [3.05, 3.63) is 113 Å². The van der Waals surface area contributed by atoms with Gasteiger partial charge in [0, 0.05) is 42.9 Å². The van der Waals surface area contributed by atoms with E-state index in [-0.39, 0.29) is 11.3 Å². The molecule has 0 N–H and O–H groups in total. The molecule has 2 fully saturated rings. The van der Waals surface area contributed by atoms with E-state index in [1.807, 2.05) is 36.4 Å². The smallest absolute Gasteiger partial charge is 0.242 e. The number of hydrogen-bond acceptors (Lipinski definition) is 6. The lowest BCUT2D eigenvalue weighted by Crippen LogP contribution is -2.39. The Morgan fingerprint density at radius 3 is 2.32 bits per heavy atom. The van der Waals surface area contributed by atoms with Crippen molar-refractivity contribution in [3.8, 4) is 0 Å². The quantitative estimate of drug-likeness (QED) is 0.233. The third-order valence-electron chi connectivity index (χ3n) is 8.71. The average Bonchev–Trinajstić information content (AvgIpc) is 3.46. The third kappa shape index (κ3) is 6.11. The molecule has 0 spiro atoms. The van der Waals surface area contributed by atoms with Gasteiger partial charge in [0.25, 0.3) is 0 Å². The number of sulfonamides is 1. The summed E-state index contributed by atoms with van der Waals surface area (Å²) in [7, 11) is -1.90. The predicted octanol–water partition coefficient (Wildman–Crippen LogP) is 5.77. The molecule has 2 aliphatic rings. The molecule has 1 saturated heterocycles. The maximum absolute atomic E-state index is 13.4. The van der Waals surface area contributed by atoms with Crippen LogP contribution >= 0.6 is 11.6 Å². The van der Waals surface area contributed by atoms with Gasteiger partial charge in [-0.3, -0.25) is 0 Å². The van der Waals surface area contributed by atoms with Gasteiger partial charge in [0.2, 0.25) is 15.9 Å². The number of rotatable bonds is 10. The molecule has 7 nitrogen and oxygen atoms in total. The Morgan fingerprint density at radius 2 is 1.63 bits per heavy atom. The second kappa shape index (κ2) is 11.7. The van der Waals surface area contributed by atoms with Crippen molar-refractivity contribution >= 4 is 21.6 Å². The average molecular weight is 591 g/mol. The summed E-state index contributed by atoms with van der Waals surface area (Å²) >= 11 is 6.21. The Labute approximate surface area is 247 Å². The van der Waals surface area contributed by atoms with Crippen LogP contribution in [-0.4, -0.2) is 61.0 Å². The standard InChI is InChI=1S/C32H35ClN4O3S/c1-36(41(38,39)29-10-6-3-7-11-29)23-32(26-12-14-28(33)15-13-26)21-27(32)22-37-18-16-25(17-19-37)31-34-30(35-40-31)20-24-8-4-2-5-9-24/h2-15,25,27H,16-23H2,1H3/t27-,32+/m0/s1. The highest BCUT2D eigenvalue weighted by Gasteiger charge is 2.56. The molecule has 0 amide bonds. The Kier molecular flexibility index (Phi) is 8.01. The van der Waals surface area contributed by atoms with Crippen LogP contribution in [-0.2, 0) is 21.9 Å². The fourth-order valence-electron chi connectivity index (χ4n) is 6.25. The first-order chi connectivity index (χ1) is 19.8. The molecule has 1 saturated carbocycles. The summed E-state index contributed by atoms with van der Waals surface area (Å²) in [6.07, 6.45) is 3.55. The van der Waals surface area contributed by atoms with Crippen LogP contribution in [0.2, 0.25) is 5.02 Å². The van der Waals surface area contributed by atoms with E-state index in [0.717, 1.165) is 56.2 Å². The molecular formula is C32H35ClN4O3S. The van der Waals surface area contributed by atoms with Crippen molar-refractivity contribution in [2.75, 3.05) is 33.2 Å². The molecule has 1 aliphatic heterocycles. The molecule has 2 atom stereocenters. The number of likely N-dealkylation sites (N-methyl/N-ethyl adjacent to an activating group) is 1. The Morgan fingerprint density at radius 1 is 0.976 bits per heavy atom. The van der Waals surface area contributed by atoms with Crippen LogP contribution in [0.1, 0.15) is 48.0 Å². The van der Waals surface area contributed by atoms with E-state index < -0.39 is 10.0 Å². The maximum atomic E-state index is 13.4. The minimum absolute atomic E-state index is 0.239. The predicted molar refractivity (Wildman–Crippen MR) is 159 cm³/mol. The van der Waals surface area contributed by atoms with Crippen molar-refractivity contribution in [1.29, 1.82) is 0 Å². The second-order valence-corrected chi connectivity index (χ2v) is 13.9. The van der Waals surface area contributed by atoms with Gasteiger partial charge >= 0.3 is 0 Å². The zero-order valence-corrected chi connectivity index (χ0v) is 24.8. The number of benzene rings is 3. The second-order valence-electron chi connectivity index (χ2n) is 11.4. The first-order valence-corrected chi connectivity index (χ1v) is 16.0. The molecule has 0 unspecified atom stereocenters. The summed E-state index contributed by atoms with van der Waals surface area (Å²) in [6.45, 7) is 3.26. The molecule has 2 heterocycles. The van der Waals surface area contributed by atoms with Crippen LogP contribution in [0.4, 0.5) is 0 Å². The Balaban J connectivity index is 1.10. The van der Waals surface area contributed by atoms with Crippen LogP contribution in [0.5, 0.6) is 0 Å². The minimum atomic E-state index is -3.59. The summed E-state index contributed by atoms with van der Waals surface area (Å²) in [4.78, 5) is 7.53. The normalized spacial score (nSPS) is 21.8. The van der Waals surface area contributed by atoms with E-state index in [2.05, 4.69) is 34.3 Å². The third-order valence-corrected chi connectivity index (χ3v) is 10.8. The van der Waals surface area contributed by atoms with Crippen LogP contribution in [0.25, 0.3) is 0 Å². The topological polar surface area (TPSA) is 79.5 Å². The maximum Gasteiger partial charge on any atom is 0.242 e. The Hall–Kier alpha value is -3.04. The van der Waals surface area contributed by atoms with Crippen LogP contribution in [0.15, 0.2) is 94.3 Å². The zero-order chi connectivity index (χ0) is 28.5. The number of aromatic nitrogens is 2. The van der Waals surface area contributed by atoms with E-state index in [9.17, 15) is 8.42 Å². The fraction of sp³-hybridized carbons (Fsp3) is 0.375. The van der Waals surface area contributed by atoms with Gasteiger partial charge in [-0.05, 0) is 73.7 Å². The van der Waals surface area contributed by atoms with Crippen molar-refractivity contribution in [1.82, 2.24) is 19.3 Å². The van der Waals surface area contributed by atoms with Crippen molar-refractivity contribution in [3.63, 3.8) is 0 Å². The van der Waals surface area contributed by atoms with Gasteiger partial charge in [-0.15, -0.1) is 0 Å². The summed E-state index contributed by atoms with van der Waals surface area (Å²) in [5, 5.41) is 4.91. The van der Waals surface area contributed by atoms with Crippen LogP contribution in [0, 0.1) is 5.92 Å². The molecule has 3 aromatic carbocycles. The molecule has 0 radical (unpaired) electrons. The summed E-state index contributed by atoms with van der Waals surface area (Å²) in [6, 6.07) is 26.8. The first kappa shape index (κ1) is 28.1. The van der Waals surface area contributed by atoms with E-state index in [1.54, 1.807) is 31.3 Å². The number of hydrogen-bond donors (Lipinski definition) is 0. The molecule has 4 aromatic rings. The molecule has 1 aliphatic carbocycles. The number of halogens is 1. The SMILES string of the molecule is CN(C[C@@]1(c2ccc(Cl)cc2)C[C@H]1CN1CCC(c2nc(Cc3ccccc3)no2)CC1)S(=O)(=O)c1ccccc1. The number of likely N-dealkylation sites (tertiary alicyclic amines) is 1. The van der Waals surface area contributed by atoms with Crippen molar-refractivity contribution < 1.29 is 12.9 Å². The highest BCUT2D eigenvalue weighted by Crippen LogP contribution is 2.55. The Bertz CT molecular complexity index is 1560. The summed E-state index contributed by atoms with van der Waals surface area (Å²) < 4.78 is 33.9. The molecule has 0 bridgehead atoms. The summed E-state index contributed by atoms with van der Waals surface area (Å²) in [5.74, 6) is 2.10. The molecule has 1 aromatic heterocycles. The zero-order valence-electron chi connectivity index (χ0n) is 23.2. The number of piperidine rings is 1. The molecule has 41 heavy (non-hydrogen) atoms. The lowest BCUT2D eigenvalue weighted by Gasteiger charge is -2.32. The van der Waals surface area contributed by atoms with E-state index in [4.69, 9.17) is 21.1 Å². The van der Waals surface area contributed by atoms with E-state index >= 15 is 0 Å². The van der Waals surface area contributed by atoms with E-state index in [1.165, 1.54) is 9.87 Å². The van der Waals surface area contributed by atoms with Gasteiger partial charge in [-0.2, -0.15) is 4.98 Å². The van der Waals surface area contributed by atoms with Gasteiger partial charge < -0.3 is 9.42 Å². The monoisotopic (exact) mass is 590 g/mol.